The van der Waals surface area contributed by atoms with Crippen molar-refractivity contribution in [1.82, 2.24) is 59.6 Å². The van der Waals surface area contributed by atoms with E-state index in [1.54, 1.807) is 42.6 Å². The average Bonchev–Trinajstić information content (AvgIpc) is 4.20. The number of aromatic nitrogens is 7. The molecule has 370 valence electrons. The monoisotopic (exact) mass is 1010 g/mol. The van der Waals surface area contributed by atoms with Crippen molar-refractivity contribution in [2.75, 3.05) is 90.5 Å². The molecular weight excluding hydrogens is 948 g/mol. The van der Waals surface area contributed by atoms with Crippen LogP contribution in [-0.2, 0) is 20.1 Å². The van der Waals surface area contributed by atoms with Crippen LogP contribution in [0.1, 0.15) is 64.6 Å². The van der Waals surface area contributed by atoms with E-state index in [-0.39, 0.29) is 29.9 Å². The molecule has 0 spiro atoms. The normalized spacial score (nSPS) is 17.5. The SMILES string of the molecule is Cc1cc(-n2ccnc2)ccc1CSc1nnc(C(=O)N(C)CCOC2CCN(CC(=O)N3CCN(CCC(NC(=O)C4(N)CCN(c5ncnc6[nH]ccc56)CC4)c4ccc(Cl)cc4)CC3)CC2)s1. The summed E-state index contributed by atoms with van der Waals surface area (Å²) in [6.45, 7) is 9.72. The van der Waals surface area contributed by atoms with Gasteiger partial charge in [-0.2, -0.15) is 0 Å². The number of hydrogen-bond acceptors (Lipinski definition) is 15. The van der Waals surface area contributed by atoms with Crippen LogP contribution in [0.2, 0.25) is 5.02 Å². The van der Waals surface area contributed by atoms with Crippen molar-refractivity contribution in [3.05, 3.63) is 106 Å². The zero-order chi connectivity index (χ0) is 48.6. The number of amides is 3. The quantitative estimate of drug-likeness (QED) is 0.0951. The fourth-order valence-electron chi connectivity index (χ4n) is 9.36. The molecule has 3 saturated heterocycles. The summed E-state index contributed by atoms with van der Waals surface area (Å²) in [4.78, 5) is 67.1. The Morgan fingerprint density at radius 3 is 2.53 bits per heavy atom. The molecule has 2 aromatic carbocycles. The Morgan fingerprint density at radius 1 is 1.00 bits per heavy atom. The number of piperidine rings is 2. The summed E-state index contributed by atoms with van der Waals surface area (Å²) in [5.41, 5.74) is 11.0. The highest BCUT2D eigenvalue weighted by atomic mass is 35.5. The van der Waals surface area contributed by atoms with E-state index in [2.05, 4.69) is 75.3 Å². The number of rotatable bonds is 18. The Kier molecular flexibility index (Phi) is 16.1. The number of carbonyl (C=O) groups is 3. The Bertz CT molecular complexity index is 2700. The minimum Gasteiger partial charge on any atom is -0.376 e. The largest absolute Gasteiger partial charge is 0.376 e. The van der Waals surface area contributed by atoms with E-state index in [0.29, 0.717) is 75.2 Å². The van der Waals surface area contributed by atoms with Crippen LogP contribution in [0.5, 0.6) is 0 Å². The number of piperazine rings is 1. The van der Waals surface area contributed by atoms with Gasteiger partial charge in [-0.3, -0.25) is 24.2 Å². The summed E-state index contributed by atoms with van der Waals surface area (Å²) < 4.78 is 8.94. The number of fused-ring (bicyclic) bond motifs is 1. The van der Waals surface area contributed by atoms with Crippen LogP contribution >= 0.6 is 34.7 Å². The first-order chi connectivity index (χ1) is 34.0. The molecule has 1 atom stereocenters. The standard InChI is InChI=1S/C49H61ClN14O4S2/c1-34-29-38(64-22-16-52-33-64)8-5-36(34)31-69-48-58-57-45(70-48)46(66)59(2)27-28-68-39-10-17-61(18-11-39)30-42(65)62-25-23-60(24-26-62)19-12-41(35-3-6-37(50)7-4-35)56-47(67)49(51)13-20-63(21-14-49)44-40-9-15-53-43(40)54-32-55-44/h3-9,15-16,22,29,32-33,39,41H,10-14,17-21,23-28,30-31,51H2,1-2H3,(H,56,67)(H,53,54,55). The summed E-state index contributed by atoms with van der Waals surface area (Å²) in [5.74, 6) is 1.41. The number of imidazole rings is 1. The number of nitrogens with one attached hydrogen (secondary N) is 2. The van der Waals surface area contributed by atoms with Gasteiger partial charge in [-0.1, -0.05) is 52.9 Å². The van der Waals surface area contributed by atoms with Crippen molar-refractivity contribution in [2.24, 2.45) is 5.73 Å². The number of thioether (sulfide) groups is 1. The van der Waals surface area contributed by atoms with Crippen LogP contribution in [0.15, 0.2) is 84.1 Å². The molecule has 18 nitrogen and oxygen atoms in total. The van der Waals surface area contributed by atoms with Gasteiger partial charge in [0.05, 0.1) is 42.5 Å². The van der Waals surface area contributed by atoms with Crippen molar-refractivity contribution in [2.45, 2.75) is 66.8 Å². The Balaban J connectivity index is 0.661. The van der Waals surface area contributed by atoms with Gasteiger partial charge in [0.1, 0.15) is 17.8 Å². The van der Waals surface area contributed by atoms with Crippen LogP contribution in [-0.4, -0.2) is 169 Å². The molecule has 7 heterocycles. The number of ether oxygens (including phenoxy) is 1. The number of aryl methyl sites for hydroxylation is 1. The lowest BCUT2D eigenvalue weighted by Gasteiger charge is -2.40. The minimum atomic E-state index is -1.01. The molecule has 21 heteroatoms. The maximum Gasteiger partial charge on any atom is 0.284 e. The van der Waals surface area contributed by atoms with Crippen molar-refractivity contribution in [1.29, 1.82) is 0 Å². The molecule has 3 fully saturated rings. The number of nitrogens with two attached hydrogens (primary N) is 1. The van der Waals surface area contributed by atoms with Crippen molar-refractivity contribution < 1.29 is 19.1 Å². The number of anilines is 1. The van der Waals surface area contributed by atoms with Gasteiger partial charge in [0.15, 0.2) is 4.34 Å². The van der Waals surface area contributed by atoms with Gasteiger partial charge in [-0.05, 0) is 86.1 Å². The number of aromatic amines is 1. The summed E-state index contributed by atoms with van der Waals surface area (Å²) in [6, 6.07) is 15.7. The van der Waals surface area contributed by atoms with Gasteiger partial charge >= 0.3 is 0 Å². The van der Waals surface area contributed by atoms with Crippen molar-refractivity contribution in [3.63, 3.8) is 0 Å². The number of nitrogens with zero attached hydrogens (tertiary/aromatic N) is 11. The highest BCUT2D eigenvalue weighted by molar-refractivity contribution is 8.00. The number of H-pyrrole nitrogens is 1. The Morgan fingerprint density at radius 2 is 1.79 bits per heavy atom. The zero-order valence-corrected chi connectivity index (χ0v) is 42.1. The number of likely N-dealkylation sites (N-methyl/N-ethyl adjacent to an activating group) is 1. The van der Waals surface area contributed by atoms with Crippen LogP contribution in [0, 0.1) is 6.92 Å². The second-order valence-electron chi connectivity index (χ2n) is 18.5. The fourth-order valence-corrected chi connectivity index (χ4v) is 11.4. The van der Waals surface area contributed by atoms with Crippen LogP contribution < -0.4 is 16.0 Å². The van der Waals surface area contributed by atoms with Crippen molar-refractivity contribution >= 4 is 69.3 Å². The fraction of sp³-hybridized carbons (Fsp3) is 0.469. The number of benzene rings is 2. The summed E-state index contributed by atoms with van der Waals surface area (Å²) >= 11 is 9.15. The summed E-state index contributed by atoms with van der Waals surface area (Å²) in [7, 11) is 1.77. The molecule has 9 rings (SSSR count). The van der Waals surface area contributed by atoms with Gasteiger partial charge in [0, 0.05) is 108 Å². The molecule has 1 unspecified atom stereocenters. The molecule has 0 aliphatic carbocycles. The van der Waals surface area contributed by atoms with E-state index >= 15 is 0 Å². The third-order valence-electron chi connectivity index (χ3n) is 13.9. The first-order valence-corrected chi connectivity index (χ1v) is 26.2. The molecule has 0 bridgehead atoms. The van der Waals surface area contributed by atoms with E-state index in [1.807, 2.05) is 52.2 Å². The van der Waals surface area contributed by atoms with E-state index in [0.717, 1.165) is 83.8 Å². The van der Waals surface area contributed by atoms with Gasteiger partial charge in [0.25, 0.3) is 5.91 Å². The average molecular weight is 1010 g/mol. The van der Waals surface area contributed by atoms with Gasteiger partial charge in [-0.25, -0.2) is 15.0 Å². The van der Waals surface area contributed by atoms with Crippen molar-refractivity contribution in [3.8, 4) is 5.69 Å². The smallest absolute Gasteiger partial charge is 0.284 e. The van der Waals surface area contributed by atoms with Crippen LogP contribution in [0.4, 0.5) is 5.82 Å². The van der Waals surface area contributed by atoms with Gasteiger partial charge < -0.3 is 40.0 Å². The lowest BCUT2D eigenvalue weighted by Crippen LogP contribution is -2.60. The minimum absolute atomic E-state index is 0.0803. The molecule has 4 aromatic heterocycles. The second kappa shape index (κ2) is 22.7. The van der Waals surface area contributed by atoms with E-state index in [9.17, 15) is 14.4 Å². The maximum absolute atomic E-state index is 14.0. The Labute approximate surface area is 421 Å². The molecule has 3 aliphatic heterocycles. The first kappa shape index (κ1) is 49.5. The van der Waals surface area contributed by atoms with Gasteiger partial charge in [-0.15, -0.1) is 10.2 Å². The number of halogens is 1. The topological polar surface area (TPSA) is 200 Å². The summed E-state index contributed by atoms with van der Waals surface area (Å²) in [6.07, 6.45) is 12.3. The zero-order valence-electron chi connectivity index (χ0n) is 39.7. The number of likely N-dealkylation sites (tertiary alicyclic amines) is 1. The first-order valence-electron chi connectivity index (χ1n) is 24.0. The van der Waals surface area contributed by atoms with E-state index < -0.39 is 5.54 Å². The molecule has 4 N–H and O–H groups in total. The lowest BCUT2D eigenvalue weighted by molar-refractivity contribution is -0.135. The highest BCUT2D eigenvalue weighted by Crippen LogP contribution is 2.31. The molecule has 70 heavy (non-hydrogen) atoms. The molecule has 0 radical (unpaired) electrons. The molecule has 6 aromatic rings. The molecular formula is C49H61ClN14O4S2. The molecule has 0 saturated carbocycles. The third-order valence-corrected chi connectivity index (χ3v) is 16.2. The van der Waals surface area contributed by atoms with Crippen LogP contribution in [0.3, 0.4) is 0 Å². The third kappa shape index (κ3) is 12.2. The Hall–Kier alpha value is -5.48. The maximum atomic E-state index is 14.0. The molecule has 3 amide bonds. The summed E-state index contributed by atoms with van der Waals surface area (Å²) in [5, 5.41) is 13.7. The lowest BCUT2D eigenvalue weighted by atomic mass is 9.87. The van der Waals surface area contributed by atoms with Crippen LogP contribution in [0.25, 0.3) is 16.7 Å². The van der Waals surface area contributed by atoms with Gasteiger partial charge in [0.2, 0.25) is 16.8 Å². The predicted octanol–water partition coefficient (Wildman–Crippen LogP) is 5.19. The van der Waals surface area contributed by atoms with E-state index in [4.69, 9.17) is 22.1 Å². The van der Waals surface area contributed by atoms with E-state index in [1.165, 1.54) is 22.5 Å². The predicted molar refractivity (Wildman–Crippen MR) is 272 cm³/mol. The molecule has 3 aliphatic rings. The second-order valence-corrected chi connectivity index (χ2v) is 21.1. The number of carbonyl (C=O) groups excluding carboxylic acids is 3. The highest BCUT2D eigenvalue weighted by Gasteiger charge is 2.39. The number of hydrogen-bond donors (Lipinski definition) is 3.